The van der Waals surface area contributed by atoms with Gasteiger partial charge in [0.25, 0.3) is 0 Å². The maximum absolute atomic E-state index is 12.4. The maximum Gasteiger partial charge on any atom is 0.326 e. The third kappa shape index (κ3) is 8.47. The Morgan fingerprint density at radius 2 is 1.64 bits per heavy atom. The topological polar surface area (TPSA) is 191 Å². The van der Waals surface area contributed by atoms with E-state index in [4.69, 9.17) is 10.8 Å². The first-order valence-electron chi connectivity index (χ1n) is 8.46. The second-order valence-corrected chi connectivity index (χ2v) is 5.95. The molecule has 0 fully saturated rings. The monoisotopic (exact) mass is 396 g/mol. The molecule has 0 heterocycles. The van der Waals surface area contributed by atoms with E-state index in [2.05, 4.69) is 16.0 Å². The molecule has 0 saturated carbocycles. The molecule has 0 aliphatic heterocycles. The number of rotatable bonds is 12. The highest BCUT2D eigenvalue weighted by Crippen LogP contribution is 2.11. The van der Waals surface area contributed by atoms with Crippen molar-refractivity contribution < 1.29 is 34.5 Å². The van der Waals surface area contributed by atoms with Gasteiger partial charge in [0.05, 0.1) is 13.0 Å². The van der Waals surface area contributed by atoms with Crippen LogP contribution in [0.3, 0.4) is 0 Å². The van der Waals surface area contributed by atoms with Gasteiger partial charge in [-0.25, -0.2) is 4.79 Å². The van der Waals surface area contributed by atoms with Crippen LogP contribution < -0.4 is 21.7 Å². The molecule has 0 unspecified atom stereocenters. The number of phenolic OH excluding ortho intramolecular Hbond substituents is 1. The highest BCUT2D eigenvalue weighted by molar-refractivity contribution is 5.93. The van der Waals surface area contributed by atoms with Crippen LogP contribution in [0.5, 0.6) is 5.75 Å². The first kappa shape index (κ1) is 22.9. The summed E-state index contributed by atoms with van der Waals surface area (Å²) in [5.74, 6) is -4.21. The van der Waals surface area contributed by atoms with Gasteiger partial charge in [0.2, 0.25) is 11.8 Å². The Kier molecular flexibility index (Phi) is 9.40. The van der Waals surface area contributed by atoms with Crippen molar-refractivity contribution in [1.82, 2.24) is 16.0 Å². The lowest BCUT2D eigenvalue weighted by Crippen LogP contribution is -2.54. The molecule has 0 saturated heterocycles. The summed E-state index contributed by atoms with van der Waals surface area (Å²) in [4.78, 5) is 46.7. The van der Waals surface area contributed by atoms with E-state index < -0.39 is 42.3 Å². The van der Waals surface area contributed by atoms with E-state index in [0.717, 1.165) is 0 Å². The SMILES string of the molecule is NCCNCC(=O)N[C@@H](CC(=O)O)C(=O)N[C@H](Cc1ccc(O)cc1)C(=O)O. The number of nitrogens with one attached hydrogen (secondary N) is 3. The van der Waals surface area contributed by atoms with Crippen LogP contribution in [0.1, 0.15) is 12.0 Å². The van der Waals surface area contributed by atoms with Crippen LogP contribution in [0.2, 0.25) is 0 Å². The summed E-state index contributed by atoms with van der Waals surface area (Å²) in [5.41, 5.74) is 5.82. The number of carbonyl (C=O) groups excluding carboxylic acids is 2. The zero-order valence-corrected chi connectivity index (χ0v) is 15.1. The second kappa shape index (κ2) is 11.5. The number of hydrogen-bond donors (Lipinski definition) is 7. The normalized spacial score (nSPS) is 12.6. The highest BCUT2D eigenvalue weighted by atomic mass is 16.4. The quantitative estimate of drug-likeness (QED) is 0.196. The average molecular weight is 396 g/mol. The molecule has 1 rings (SSSR count). The fourth-order valence-corrected chi connectivity index (χ4v) is 2.27. The van der Waals surface area contributed by atoms with Gasteiger partial charge in [-0.1, -0.05) is 12.1 Å². The third-order valence-corrected chi connectivity index (χ3v) is 3.63. The molecule has 28 heavy (non-hydrogen) atoms. The Balaban J connectivity index is 2.78. The van der Waals surface area contributed by atoms with E-state index in [-0.39, 0.29) is 18.7 Å². The zero-order chi connectivity index (χ0) is 21.1. The Bertz CT molecular complexity index is 693. The number of carbonyl (C=O) groups is 4. The largest absolute Gasteiger partial charge is 0.508 e. The van der Waals surface area contributed by atoms with Crippen molar-refractivity contribution in [2.45, 2.75) is 24.9 Å². The van der Waals surface area contributed by atoms with E-state index >= 15 is 0 Å². The van der Waals surface area contributed by atoms with Gasteiger partial charge in [-0.3, -0.25) is 14.4 Å². The lowest BCUT2D eigenvalue weighted by molar-refractivity contribution is -0.143. The summed E-state index contributed by atoms with van der Waals surface area (Å²) in [6, 6.07) is 2.95. The predicted octanol–water partition coefficient (Wildman–Crippen LogP) is -1.99. The van der Waals surface area contributed by atoms with Crippen molar-refractivity contribution in [3.63, 3.8) is 0 Å². The molecule has 11 heteroatoms. The number of amides is 2. The minimum absolute atomic E-state index is 0.00661. The molecule has 0 bridgehead atoms. The number of aliphatic carboxylic acids is 2. The molecule has 0 spiro atoms. The number of phenols is 1. The first-order valence-corrected chi connectivity index (χ1v) is 8.46. The molecule has 2 amide bonds. The molecule has 0 radical (unpaired) electrons. The van der Waals surface area contributed by atoms with Crippen LogP contribution in [-0.4, -0.2) is 70.8 Å². The Morgan fingerprint density at radius 1 is 1.00 bits per heavy atom. The molecule has 154 valence electrons. The molecule has 0 aromatic heterocycles. The maximum atomic E-state index is 12.4. The lowest BCUT2D eigenvalue weighted by Gasteiger charge is -2.20. The molecule has 1 aromatic rings. The molecular formula is C17H24N4O7. The average Bonchev–Trinajstić information content (AvgIpc) is 2.62. The van der Waals surface area contributed by atoms with E-state index in [1.807, 2.05) is 0 Å². The summed E-state index contributed by atoms with van der Waals surface area (Å²) in [6.07, 6.45) is -0.798. The van der Waals surface area contributed by atoms with Crippen LogP contribution in [0.25, 0.3) is 0 Å². The van der Waals surface area contributed by atoms with Crippen LogP contribution in [-0.2, 0) is 25.6 Å². The van der Waals surface area contributed by atoms with Crippen molar-refractivity contribution >= 4 is 23.8 Å². The van der Waals surface area contributed by atoms with E-state index in [0.29, 0.717) is 18.7 Å². The molecule has 1 aromatic carbocycles. The van der Waals surface area contributed by atoms with Gasteiger partial charge >= 0.3 is 11.9 Å². The van der Waals surface area contributed by atoms with Crippen molar-refractivity contribution in [3.05, 3.63) is 29.8 Å². The number of nitrogens with two attached hydrogens (primary N) is 1. The molecule has 2 atom stereocenters. The Morgan fingerprint density at radius 3 is 2.18 bits per heavy atom. The van der Waals surface area contributed by atoms with Gasteiger partial charge in [-0.2, -0.15) is 0 Å². The molecular weight excluding hydrogens is 372 g/mol. The van der Waals surface area contributed by atoms with Crippen LogP contribution >= 0.6 is 0 Å². The minimum Gasteiger partial charge on any atom is -0.508 e. The van der Waals surface area contributed by atoms with Gasteiger partial charge in [-0.15, -0.1) is 0 Å². The van der Waals surface area contributed by atoms with Gasteiger partial charge in [0.15, 0.2) is 0 Å². The summed E-state index contributed by atoms with van der Waals surface area (Å²) in [5, 5.41) is 34.8. The predicted molar refractivity (Wildman–Crippen MR) is 97.5 cm³/mol. The van der Waals surface area contributed by atoms with Crippen molar-refractivity contribution in [3.8, 4) is 5.75 Å². The number of carboxylic acids is 2. The van der Waals surface area contributed by atoms with Crippen molar-refractivity contribution in [2.24, 2.45) is 5.73 Å². The van der Waals surface area contributed by atoms with Crippen molar-refractivity contribution in [1.29, 1.82) is 0 Å². The Hall–Kier alpha value is -3.18. The van der Waals surface area contributed by atoms with Crippen LogP contribution in [0.15, 0.2) is 24.3 Å². The van der Waals surface area contributed by atoms with Gasteiger partial charge in [0, 0.05) is 19.5 Å². The second-order valence-electron chi connectivity index (χ2n) is 5.95. The first-order chi connectivity index (χ1) is 13.2. The number of hydrogen-bond acceptors (Lipinski definition) is 7. The number of aromatic hydroxyl groups is 1. The summed E-state index contributed by atoms with van der Waals surface area (Å²) >= 11 is 0. The number of carboxylic acid groups (broad SMARTS) is 2. The standard InChI is InChI=1S/C17H24N4O7/c18-5-6-19-9-14(23)20-12(8-15(24)25)16(26)21-13(17(27)28)7-10-1-3-11(22)4-2-10/h1-4,12-13,19,22H,5-9,18H2,(H,20,23)(H,21,26)(H,24,25)(H,27,28)/t12-,13+/m0/s1. The van der Waals surface area contributed by atoms with Gasteiger partial charge in [-0.05, 0) is 17.7 Å². The lowest BCUT2D eigenvalue weighted by atomic mass is 10.0. The van der Waals surface area contributed by atoms with E-state index in [1.54, 1.807) is 0 Å². The summed E-state index contributed by atoms with van der Waals surface area (Å²) < 4.78 is 0. The molecule has 0 aliphatic carbocycles. The zero-order valence-electron chi connectivity index (χ0n) is 15.1. The third-order valence-electron chi connectivity index (χ3n) is 3.63. The van der Waals surface area contributed by atoms with Crippen LogP contribution in [0.4, 0.5) is 0 Å². The Labute approximate surface area is 160 Å². The van der Waals surface area contributed by atoms with Gasteiger partial charge < -0.3 is 37.0 Å². The summed E-state index contributed by atoms with van der Waals surface area (Å²) in [6.45, 7) is 0.483. The highest BCUT2D eigenvalue weighted by Gasteiger charge is 2.28. The van der Waals surface area contributed by atoms with E-state index in [1.165, 1.54) is 24.3 Å². The van der Waals surface area contributed by atoms with Crippen molar-refractivity contribution in [2.75, 3.05) is 19.6 Å². The minimum atomic E-state index is -1.44. The molecule has 11 nitrogen and oxygen atoms in total. The van der Waals surface area contributed by atoms with Gasteiger partial charge in [0.1, 0.15) is 17.8 Å². The molecule has 0 aliphatic rings. The van der Waals surface area contributed by atoms with E-state index in [9.17, 15) is 29.4 Å². The smallest absolute Gasteiger partial charge is 0.326 e. The fraction of sp³-hybridized carbons (Fsp3) is 0.412. The summed E-state index contributed by atoms with van der Waals surface area (Å²) in [7, 11) is 0. The number of benzene rings is 1. The van der Waals surface area contributed by atoms with Crippen LogP contribution in [0, 0.1) is 0 Å². The fourth-order valence-electron chi connectivity index (χ4n) is 2.27. The molecule has 8 N–H and O–H groups in total.